The Balaban J connectivity index is 0.00000168. The third kappa shape index (κ3) is 2.89. The van der Waals surface area contributed by atoms with Gasteiger partial charge in [-0.1, -0.05) is 12.1 Å². The summed E-state index contributed by atoms with van der Waals surface area (Å²) in [6.45, 7) is 0. The molecule has 3 aliphatic rings. The van der Waals surface area contributed by atoms with Crippen molar-refractivity contribution in [2.45, 2.75) is 44.2 Å². The number of anilines is 1. The lowest BCUT2D eigenvalue weighted by atomic mass is 9.84. The first-order valence-corrected chi connectivity index (χ1v) is 9.15. The maximum atomic E-state index is 12.8. The van der Waals surface area contributed by atoms with Crippen molar-refractivity contribution in [2.24, 2.45) is 23.5 Å². The van der Waals surface area contributed by atoms with Crippen molar-refractivity contribution < 1.29 is 4.79 Å². The summed E-state index contributed by atoms with van der Waals surface area (Å²) >= 11 is 0. The number of carbonyl (C=O) groups excluding carboxylic acids is 1. The zero-order valence-corrected chi connectivity index (χ0v) is 15.2. The van der Waals surface area contributed by atoms with Gasteiger partial charge in [0.2, 0.25) is 5.91 Å². The summed E-state index contributed by atoms with van der Waals surface area (Å²) in [5, 5.41) is 15.1. The van der Waals surface area contributed by atoms with Crippen molar-refractivity contribution in [3.63, 3.8) is 0 Å². The SMILES string of the molecule is Cl.NC1C2CCC(C2)C1C(=O)Nc1cccc(-c2nnnn2C2CC2)c1. The van der Waals surface area contributed by atoms with Gasteiger partial charge in [-0.05, 0) is 66.5 Å². The minimum atomic E-state index is -0.0563. The van der Waals surface area contributed by atoms with E-state index >= 15 is 0 Å². The second-order valence-electron chi connectivity index (χ2n) is 7.68. The van der Waals surface area contributed by atoms with Gasteiger partial charge < -0.3 is 11.1 Å². The number of halogens is 1. The Hall–Kier alpha value is -1.99. The summed E-state index contributed by atoms with van der Waals surface area (Å²) in [5.41, 5.74) is 8.00. The smallest absolute Gasteiger partial charge is 0.229 e. The number of fused-ring (bicyclic) bond motifs is 2. The first-order chi connectivity index (χ1) is 12.2. The number of nitrogens with one attached hydrogen (secondary N) is 1. The topological polar surface area (TPSA) is 98.7 Å². The molecule has 7 nitrogen and oxygen atoms in total. The summed E-state index contributed by atoms with van der Waals surface area (Å²) in [5.74, 6) is 1.73. The number of carbonyl (C=O) groups is 1. The van der Waals surface area contributed by atoms with Crippen LogP contribution in [0.3, 0.4) is 0 Å². The number of nitrogens with zero attached hydrogens (tertiary/aromatic N) is 4. The van der Waals surface area contributed by atoms with E-state index in [-0.39, 0.29) is 30.3 Å². The van der Waals surface area contributed by atoms with Gasteiger partial charge in [-0.15, -0.1) is 17.5 Å². The molecule has 0 radical (unpaired) electrons. The minimum absolute atomic E-state index is 0. The normalized spacial score (nSPS) is 29.4. The molecule has 5 rings (SSSR count). The van der Waals surface area contributed by atoms with Crippen LogP contribution >= 0.6 is 12.4 Å². The van der Waals surface area contributed by atoms with E-state index in [1.165, 1.54) is 6.42 Å². The van der Waals surface area contributed by atoms with Gasteiger partial charge in [-0.3, -0.25) is 4.79 Å². The van der Waals surface area contributed by atoms with Crippen molar-refractivity contribution >= 4 is 24.0 Å². The summed E-state index contributed by atoms with van der Waals surface area (Å²) in [4.78, 5) is 12.8. The highest BCUT2D eigenvalue weighted by molar-refractivity contribution is 5.94. The molecule has 1 aromatic carbocycles. The predicted molar refractivity (Wildman–Crippen MR) is 99.7 cm³/mol. The molecule has 1 aromatic heterocycles. The first-order valence-electron chi connectivity index (χ1n) is 9.15. The standard InChI is InChI=1S/C18H22N6O.ClH/c19-16-11-5-4-10(8-11)15(16)18(25)20-13-3-1-2-12(9-13)17-21-22-23-24(17)14-6-7-14;/h1-3,9-11,14-16H,4-8,19H2,(H,20,25);1H. The quantitative estimate of drug-likeness (QED) is 0.856. The maximum Gasteiger partial charge on any atom is 0.229 e. The summed E-state index contributed by atoms with van der Waals surface area (Å²) in [6, 6.07) is 8.17. The lowest BCUT2D eigenvalue weighted by Crippen LogP contribution is -2.42. The second kappa shape index (κ2) is 6.63. The number of amides is 1. The van der Waals surface area contributed by atoms with E-state index in [1.54, 1.807) is 0 Å². The Kier molecular flexibility index (Phi) is 4.44. The fourth-order valence-corrected chi connectivity index (χ4v) is 4.64. The number of tetrazole rings is 1. The molecule has 3 aliphatic carbocycles. The van der Waals surface area contributed by atoms with Gasteiger partial charge in [0.05, 0.1) is 12.0 Å². The van der Waals surface area contributed by atoms with E-state index in [9.17, 15) is 4.79 Å². The summed E-state index contributed by atoms with van der Waals surface area (Å²) in [6.07, 6.45) is 5.66. The molecular weight excluding hydrogens is 352 g/mol. The lowest BCUT2D eigenvalue weighted by molar-refractivity contribution is -0.121. The number of hydrogen-bond acceptors (Lipinski definition) is 5. The van der Waals surface area contributed by atoms with Crippen LogP contribution in [0.4, 0.5) is 5.69 Å². The molecule has 26 heavy (non-hydrogen) atoms. The molecule has 8 heteroatoms. The number of aromatic nitrogens is 4. The Morgan fingerprint density at radius 1 is 1.19 bits per heavy atom. The summed E-state index contributed by atoms with van der Waals surface area (Å²) < 4.78 is 1.88. The molecule has 4 atom stereocenters. The number of hydrogen-bond donors (Lipinski definition) is 2. The monoisotopic (exact) mass is 374 g/mol. The molecule has 0 aliphatic heterocycles. The molecule has 3 fully saturated rings. The highest BCUT2D eigenvalue weighted by Gasteiger charge is 2.49. The molecule has 2 bridgehead atoms. The number of nitrogens with two attached hydrogens (primary N) is 1. The van der Waals surface area contributed by atoms with Crippen LogP contribution in [0, 0.1) is 17.8 Å². The zero-order chi connectivity index (χ0) is 17.0. The molecule has 4 unspecified atom stereocenters. The van der Waals surface area contributed by atoms with Crippen molar-refractivity contribution in [1.29, 1.82) is 0 Å². The van der Waals surface area contributed by atoms with Gasteiger partial charge in [0, 0.05) is 17.3 Å². The van der Waals surface area contributed by atoms with Crippen molar-refractivity contribution in [3.05, 3.63) is 24.3 Å². The fourth-order valence-electron chi connectivity index (χ4n) is 4.64. The third-order valence-corrected chi connectivity index (χ3v) is 6.06. The van der Waals surface area contributed by atoms with Crippen LogP contribution in [-0.2, 0) is 4.79 Å². The van der Waals surface area contributed by atoms with Crippen LogP contribution in [0.15, 0.2) is 24.3 Å². The number of rotatable bonds is 4. The van der Waals surface area contributed by atoms with E-state index in [0.29, 0.717) is 17.9 Å². The van der Waals surface area contributed by atoms with Crippen LogP contribution in [0.1, 0.15) is 38.1 Å². The largest absolute Gasteiger partial charge is 0.327 e. The Morgan fingerprint density at radius 2 is 2.00 bits per heavy atom. The number of benzene rings is 1. The lowest BCUT2D eigenvalue weighted by Gasteiger charge is -2.27. The average molecular weight is 375 g/mol. The van der Waals surface area contributed by atoms with Crippen LogP contribution < -0.4 is 11.1 Å². The van der Waals surface area contributed by atoms with Crippen molar-refractivity contribution in [2.75, 3.05) is 5.32 Å². The van der Waals surface area contributed by atoms with Crippen LogP contribution in [-0.4, -0.2) is 32.2 Å². The molecule has 1 amide bonds. The van der Waals surface area contributed by atoms with Gasteiger partial charge >= 0.3 is 0 Å². The fraction of sp³-hybridized carbons (Fsp3) is 0.556. The van der Waals surface area contributed by atoms with Gasteiger partial charge in [0.15, 0.2) is 5.82 Å². The Labute approximate surface area is 158 Å². The second-order valence-corrected chi connectivity index (χ2v) is 7.68. The molecule has 3 saturated carbocycles. The molecule has 2 aromatic rings. The molecule has 138 valence electrons. The molecule has 1 heterocycles. The maximum absolute atomic E-state index is 12.8. The van der Waals surface area contributed by atoms with E-state index in [1.807, 2.05) is 28.9 Å². The van der Waals surface area contributed by atoms with Crippen molar-refractivity contribution in [3.8, 4) is 11.4 Å². The van der Waals surface area contributed by atoms with Gasteiger partial charge in [0.1, 0.15) is 0 Å². The van der Waals surface area contributed by atoms with Gasteiger partial charge in [-0.25, -0.2) is 4.68 Å². The summed E-state index contributed by atoms with van der Waals surface area (Å²) in [7, 11) is 0. The van der Waals surface area contributed by atoms with Crippen LogP contribution in [0.2, 0.25) is 0 Å². The first kappa shape index (κ1) is 17.4. The van der Waals surface area contributed by atoms with Crippen LogP contribution in [0.25, 0.3) is 11.4 Å². The van der Waals surface area contributed by atoms with Crippen molar-refractivity contribution in [1.82, 2.24) is 20.2 Å². The van der Waals surface area contributed by atoms with Gasteiger partial charge in [-0.2, -0.15) is 0 Å². The van der Waals surface area contributed by atoms with Crippen LogP contribution in [0.5, 0.6) is 0 Å². The molecule has 0 saturated heterocycles. The third-order valence-electron chi connectivity index (χ3n) is 6.06. The van der Waals surface area contributed by atoms with E-state index in [0.717, 1.165) is 42.8 Å². The molecule has 3 N–H and O–H groups in total. The highest BCUT2D eigenvalue weighted by Crippen LogP contribution is 2.48. The molecular formula is C18H23ClN6O. The molecule has 0 spiro atoms. The average Bonchev–Trinajstić information content (AvgIpc) is 3.05. The zero-order valence-electron chi connectivity index (χ0n) is 14.4. The van der Waals surface area contributed by atoms with E-state index in [4.69, 9.17) is 5.73 Å². The minimum Gasteiger partial charge on any atom is -0.327 e. The Morgan fingerprint density at radius 3 is 2.73 bits per heavy atom. The van der Waals surface area contributed by atoms with Gasteiger partial charge in [0.25, 0.3) is 0 Å². The van der Waals surface area contributed by atoms with E-state index in [2.05, 4.69) is 20.8 Å². The highest BCUT2D eigenvalue weighted by atomic mass is 35.5. The predicted octanol–water partition coefficient (Wildman–Crippen LogP) is 2.41. The van der Waals surface area contributed by atoms with E-state index < -0.39 is 0 Å². The Bertz CT molecular complexity index is 818.